The second kappa shape index (κ2) is 13.4. The van der Waals surface area contributed by atoms with Gasteiger partial charge in [0.05, 0.1) is 36.8 Å². The molecule has 0 aromatic heterocycles. The van der Waals surface area contributed by atoms with Crippen molar-refractivity contribution < 1.29 is 28.4 Å². The highest BCUT2D eigenvalue weighted by Crippen LogP contribution is 2.38. The van der Waals surface area contributed by atoms with E-state index in [-0.39, 0.29) is 18.4 Å². The van der Waals surface area contributed by atoms with Gasteiger partial charge in [-0.05, 0) is 65.4 Å². The molecule has 3 fully saturated rings. The van der Waals surface area contributed by atoms with Crippen LogP contribution in [0.3, 0.4) is 0 Å². The van der Waals surface area contributed by atoms with E-state index in [1.807, 2.05) is 45.9 Å². The van der Waals surface area contributed by atoms with Crippen molar-refractivity contribution in [2.75, 3.05) is 39.4 Å². The molecule has 0 saturated carbocycles. The van der Waals surface area contributed by atoms with E-state index in [4.69, 9.17) is 14.0 Å². The fourth-order valence-corrected chi connectivity index (χ4v) is 5.27. The summed E-state index contributed by atoms with van der Waals surface area (Å²) in [4.78, 5) is 43.3. The minimum Gasteiger partial charge on any atom is -0.402 e. The number of urea groups is 1. The molecule has 11 heteroatoms. The number of rotatable bonds is 10. The summed E-state index contributed by atoms with van der Waals surface area (Å²) in [6.45, 7) is 11.1. The van der Waals surface area contributed by atoms with Gasteiger partial charge in [-0.15, -0.1) is 0 Å². The van der Waals surface area contributed by atoms with E-state index in [1.165, 1.54) is 5.56 Å². The Balaban J connectivity index is 1.48. The second-order valence-corrected chi connectivity index (χ2v) is 12.0. The van der Waals surface area contributed by atoms with Crippen LogP contribution < -0.4 is 10.6 Å². The lowest BCUT2D eigenvalue weighted by atomic mass is 9.75. The molecule has 0 spiro atoms. The average Bonchev–Trinajstić information content (AvgIpc) is 3.54. The topological polar surface area (TPSA) is 109 Å². The maximum Gasteiger partial charge on any atom is 0.481 e. The molecule has 10 nitrogen and oxygen atoms in total. The Kier molecular flexibility index (Phi) is 10.1. The molecule has 3 aliphatic rings. The number of hydrogen-bond donors (Lipinski definition) is 2. The second-order valence-electron chi connectivity index (χ2n) is 12.0. The van der Waals surface area contributed by atoms with Gasteiger partial charge >= 0.3 is 13.1 Å². The molecule has 3 saturated heterocycles. The van der Waals surface area contributed by atoms with E-state index in [9.17, 15) is 14.4 Å². The lowest BCUT2D eigenvalue weighted by molar-refractivity contribution is -0.138. The maximum absolute atomic E-state index is 13.8. The van der Waals surface area contributed by atoms with Gasteiger partial charge in [-0.25, -0.2) is 4.79 Å². The largest absolute Gasteiger partial charge is 0.481 e. The van der Waals surface area contributed by atoms with E-state index in [1.54, 1.807) is 9.80 Å². The smallest absolute Gasteiger partial charge is 0.402 e. The highest BCUT2D eigenvalue weighted by atomic mass is 16.7. The first kappa shape index (κ1) is 30.3. The molecule has 40 heavy (non-hydrogen) atoms. The van der Waals surface area contributed by atoms with Gasteiger partial charge in [-0.2, -0.15) is 0 Å². The van der Waals surface area contributed by atoms with Crippen LogP contribution >= 0.6 is 0 Å². The first-order chi connectivity index (χ1) is 19.1. The molecule has 0 aliphatic carbocycles. The van der Waals surface area contributed by atoms with Crippen LogP contribution in [-0.2, 0) is 30.1 Å². The Labute approximate surface area is 238 Å². The van der Waals surface area contributed by atoms with Gasteiger partial charge in [0.25, 0.3) is 0 Å². The first-order valence-corrected chi connectivity index (χ1v) is 14.7. The van der Waals surface area contributed by atoms with Crippen molar-refractivity contribution in [3.63, 3.8) is 0 Å². The van der Waals surface area contributed by atoms with E-state index >= 15 is 0 Å². The predicted molar refractivity (Wildman–Crippen MR) is 153 cm³/mol. The zero-order valence-electron chi connectivity index (χ0n) is 24.4. The normalized spacial score (nSPS) is 21.6. The van der Waals surface area contributed by atoms with Crippen LogP contribution in [0.2, 0.25) is 0 Å². The fourth-order valence-electron chi connectivity index (χ4n) is 5.27. The standard InChI is InChI=1S/C29H45BN4O6/c1-28(2)29(3,4)40-30(39-28)24(14-10-13-22-11-6-5-7-12-22)32-26(36)23(31-27(37)34-15-8-9-16-34)21-25(35)33-17-19-38-20-18-33/h5-7,11-12,23-24H,8-10,13-21H2,1-4H3,(H,31,37)(H,32,36)/t23?,24-/m0/s1. The van der Waals surface area contributed by atoms with Crippen LogP contribution in [0, 0.1) is 0 Å². The predicted octanol–water partition coefficient (Wildman–Crippen LogP) is 2.55. The van der Waals surface area contributed by atoms with Crippen molar-refractivity contribution in [3.05, 3.63) is 35.9 Å². The molecule has 3 aliphatic heterocycles. The first-order valence-electron chi connectivity index (χ1n) is 14.7. The Morgan fingerprint density at radius 3 is 2.15 bits per heavy atom. The molecular formula is C29H45BN4O6. The third-order valence-corrected chi connectivity index (χ3v) is 8.50. The number of benzene rings is 1. The molecule has 1 aromatic carbocycles. The summed E-state index contributed by atoms with van der Waals surface area (Å²) in [5, 5.41) is 5.96. The SMILES string of the molecule is CC1(C)OB([C@H](CCCc2ccccc2)NC(=O)C(CC(=O)N2CCOCC2)NC(=O)N2CCCC2)OC1(C)C. The van der Waals surface area contributed by atoms with Crippen LogP contribution in [0.1, 0.15) is 65.4 Å². The molecule has 4 amide bonds. The number of nitrogens with zero attached hydrogens (tertiary/aromatic N) is 2. The van der Waals surface area contributed by atoms with Gasteiger partial charge in [0.1, 0.15) is 6.04 Å². The Bertz CT molecular complexity index is 995. The monoisotopic (exact) mass is 556 g/mol. The van der Waals surface area contributed by atoms with Gasteiger partial charge < -0.3 is 34.5 Å². The van der Waals surface area contributed by atoms with Crippen LogP contribution in [-0.4, -0.2) is 97.3 Å². The molecule has 2 N–H and O–H groups in total. The van der Waals surface area contributed by atoms with Crippen molar-refractivity contribution in [1.82, 2.24) is 20.4 Å². The number of likely N-dealkylation sites (tertiary alicyclic amines) is 1. The lowest BCUT2D eigenvalue weighted by Crippen LogP contribution is -2.57. The third-order valence-electron chi connectivity index (χ3n) is 8.50. The average molecular weight is 557 g/mol. The number of morpholine rings is 1. The highest BCUT2D eigenvalue weighted by molar-refractivity contribution is 6.48. The molecule has 0 radical (unpaired) electrons. The summed E-state index contributed by atoms with van der Waals surface area (Å²) in [5.41, 5.74) is 0.0965. The molecule has 4 rings (SSSR count). The number of ether oxygens (including phenoxy) is 1. The van der Waals surface area contributed by atoms with Gasteiger partial charge in [0.2, 0.25) is 11.8 Å². The molecule has 220 valence electrons. The summed E-state index contributed by atoms with van der Waals surface area (Å²) in [7, 11) is -0.658. The van der Waals surface area contributed by atoms with E-state index in [0.29, 0.717) is 45.8 Å². The Morgan fingerprint density at radius 2 is 1.52 bits per heavy atom. The summed E-state index contributed by atoms with van der Waals surface area (Å²) < 4.78 is 18.0. The molecule has 0 bridgehead atoms. The third kappa shape index (κ3) is 7.76. The van der Waals surface area contributed by atoms with E-state index < -0.39 is 36.2 Å². The summed E-state index contributed by atoms with van der Waals surface area (Å²) >= 11 is 0. The van der Waals surface area contributed by atoms with Gasteiger partial charge in [-0.1, -0.05) is 30.3 Å². The number of hydrogen-bond acceptors (Lipinski definition) is 6. The number of amides is 4. The van der Waals surface area contributed by atoms with E-state index in [0.717, 1.165) is 25.7 Å². The molecule has 3 heterocycles. The summed E-state index contributed by atoms with van der Waals surface area (Å²) in [6.07, 6.45) is 4.01. The molecule has 1 aromatic rings. The van der Waals surface area contributed by atoms with Crippen molar-refractivity contribution in [2.24, 2.45) is 0 Å². The lowest BCUT2D eigenvalue weighted by Gasteiger charge is -2.32. The van der Waals surface area contributed by atoms with E-state index in [2.05, 4.69) is 22.8 Å². The van der Waals surface area contributed by atoms with Gasteiger partial charge in [0.15, 0.2) is 0 Å². The zero-order chi connectivity index (χ0) is 28.8. The number of carbonyl (C=O) groups excluding carboxylic acids is 3. The maximum atomic E-state index is 13.8. The Hall–Kier alpha value is -2.63. The Morgan fingerprint density at radius 1 is 0.900 bits per heavy atom. The summed E-state index contributed by atoms with van der Waals surface area (Å²) in [5.74, 6) is -1.04. The molecular weight excluding hydrogens is 511 g/mol. The van der Waals surface area contributed by atoms with Crippen LogP contribution in [0.5, 0.6) is 0 Å². The summed E-state index contributed by atoms with van der Waals surface area (Å²) in [6, 6.07) is 8.87. The number of carbonyl (C=O) groups is 3. The van der Waals surface area contributed by atoms with Gasteiger partial charge in [-0.3, -0.25) is 9.59 Å². The zero-order valence-corrected chi connectivity index (χ0v) is 24.4. The minimum absolute atomic E-state index is 0.120. The van der Waals surface area contributed by atoms with Crippen LogP contribution in [0.25, 0.3) is 0 Å². The van der Waals surface area contributed by atoms with Crippen molar-refractivity contribution in [2.45, 2.75) is 89.4 Å². The minimum atomic E-state index is -1.01. The van der Waals surface area contributed by atoms with Crippen molar-refractivity contribution >= 4 is 25.0 Å². The fraction of sp³-hybridized carbons (Fsp3) is 0.690. The molecule has 1 unspecified atom stereocenters. The quantitative estimate of drug-likeness (QED) is 0.429. The van der Waals surface area contributed by atoms with Crippen molar-refractivity contribution in [1.29, 1.82) is 0 Å². The molecule has 2 atom stereocenters. The van der Waals surface area contributed by atoms with Gasteiger partial charge in [0, 0.05) is 26.2 Å². The highest BCUT2D eigenvalue weighted by Gasteiger charge is 2.54. The number of nitrogens with one attached hydrogen (secondary N) is 2. The van der Waals surface area contributed by atoms with Crippen molar-refractivity contribution in [3.8, 4) is 0 Å². The van der Waals surface area contributed by atoms with Crippen LogP contribution in [0.15, 0.2) is 30.3 Å². The van der Waals surface area contributed by atoms with Crippen LogP contribution in [0.4, 0.5) is 4.79 Å². The number of aryl methyl sites for hydroxylation is 1.